The molecule has 64 heavy (non-hydrogen) atoms. The minimum Gasteiger partial charge on any atom is -0.548 e. The number of anilines is 3. The molecule has 0 radical (unpaired) electrons. The summed E-state index contributed by atoms with van der Waals surface area (Å²) >= 11 is 0. The molecule has 1 aromatic rings. The third-order valence-corrected chi connectivity index (χ3v) is 8.84. The van der Waals surface area contributed by atoms with Gasteiger partial charge in [0, 0.05) is 92.9 Å². The van der Waals surface area contributed by atoms with E-state index in [1.54, 1.807) is 28.2 Å². The zero-order valence-corrected chi connectivity index (χ0v) is 37.7. The maximum atomic E-state index is 11.1. The number of carbonyl (C=O) groups is 8. The zero-order chi connectivity index (χ0) is 47.8. The van der Waals surface area contributed by atoms with Crippen molar-refractivity contribution in [2.75, 3.05) is 148 Å². The van der Waals surface area contributed by atoms with Crippen molar-refractivity contribution in [3.8, 4) is 0 Å². The Morgan fingerprint density at radius 2 is 0.781 bits per heavy atom. The van der Waals surface area contributed by atoms with Crippen LogP contribution in [0.5, 0.6) is 0 Å². The van der Waals surface area contributed by atoms with Crippen LogP contribution in [-0.2, 0) is 54.8 Å². The van der Waals surface area contributed by atoms with Crippen LogP contribution >= 0.6 is 0 Å². The molecule has 4 rings (SSSR count). The molecule has 29 heteroatoms. The summed E-state index contributed by atoms with van der Waals surface area (Å²) in [6.07, 6.45) is 1.50. The maximum Gasteiger partial charge on any atom is 2.00 e. The van der Waals surface area contributed by atoms with Crippen LogP contribution in [0.3, 0.4) is 0 Å². The minimum absolute atomic E-state index is 0. The van der Waals surface area contributed by atoms with Crippen LogP contribution in [0.1, 0.15) is 13.8 Å². The predicted octanol–water partition coefficient (Wildman–Crippen LogP) is -7.44. The molecule has 4 heterocycles. The van der Waals surface area contributed by atoms with Crippen molar-refractivity contribution in [2.24, 2.45) is 0 Å². The number of carboxylic acids is 6. The number of hydrogen-bond donors (Lipinski definition) is 6. The number of nitrogens with zero attached hydrogens (tertiary/aromatic N) is 12. The number of nitrogens with one attached hydrogen (secondary N) is 2. The van der Waals surface area contributed by atoms with E-state index in [4.69, 9.17) is 20.4 Å². The Kier molecular flexibility index (Phi) is 27.8. The summed E-state index contributed by atoms with van der Waals surface area (Å²) in [4.78, 5) is 111. The summed E-state index contributed by atoms with van der Waals surface area (Å²) in [7, 11) is 6.75. The molecule has 4 bridgehead atoms. The number of rotatable bonds is 17. The second-order valence-electron chi connectivity index (χ2n) is 14.9. The first-order valence-corrected chi connectivity index (χ1v) is 19.4. The van der Waals surface area contributed by atoms with Crippen molar-refractivity contribution in [3.63, 3.8) is 0 Å². The van der Waals surface area contributed by atoms with E-state index in [2.05, 4.69) is 59.0 Å². The average molecular weight is 960 g/mol. The first kappa shape index (κ1) is 58.4. The molecule has 3 aliphatic rings. The van der Waals surface area contributed by atoms with Crippen molar-refractivity contribution < 1.29 is 85.5 Å². The molecule has 0 spiro atoms. The molecule has 28 nitrogen and oxygen atoms in total. The van der Waals surface area contributed by atoms with Crippen LogP contribution in [0.2, 0.25) is 0 Å². The van der Waals surface area contributed by atoms with Gasteiger partial charge in [-0.15, -0.1) is 0 Å². The van der Waals surface area contributed by atoms with E-state index in [0.29, 0.717) is 26.8 Å². The van der Waals surface area contributed by atoms with Gasteiger partial charge < -0.3 is 75.4 Å². The number of fused-ring (bicyclic) bond motifs is 4. The topological polar surface area (TPSA) is 355 Å². The van der Waals surface area contributed by atoms with Crippen LogP contribution in [0.15, 0.2) is 0 Å². The van der Waals surface area contributed by atoms with E-state index in [1.165, 1.54) is 49.1 Å². The number of carboxylic acid groups (broad SMARTS) is 6. The van der Waals surface area contributed by atoms with Gasteiger partial charge in [-0.25, -0.2) is 0 Å². The van der Waals surface area contributed by atoms with Gasteiger partial charge >= 0.3 is 40.4 Å². The number of hydrogen-bond acceptors (Lipinski definition) is 22. The van der Waals surface area contributed by atoms with Crippen molar-refractivity contribution >= 4 is 66.5 Å². The Balaban J connectivity index is 0.00000107. The number of aliphatic carboxylic acids is 6. The second-order valence-corrected chi connectivity index (χ2v) is 14.9. The first-order chi connectivity index (χ1) is 29.5. The van der Waals surface area contributed by atoms with Crippen LogP contribution in [0.25, 0.3) is 0 Å². The average Bonchev–Trinajstić information content (AvgIpc) is 3.86. The summed E-state index contributed by atoms with van der Waals surface area (Å²) in [5.74, 6) is -12.1. The molecule has 0 saturated carbocycles. The van der Waals surface area contributed by atoms with Gasteiger partial charge in [0.2, 0.25) is 30.7 Å². The monoisotopic (exact) mass is 958 g/mol. The van der Waals surface area contributed by atoms with Crippen LogP contribution < -0.4 is 35.5 Å². The van der Waals surface area contributed by atoms with Gasteiger partial charge in [-0.05, 0) is 13.8 Å². The van der Waals surface area contributed by atoms with Crippen molar-refractivity contribution in [2.45, 2.75) is 25.9 Å². The van der Waals surface area contributed by atoms with E-state index in [-0.39, 0.29) is 16.5 Å². The fourth-order valence-electron chi connectivity index (χ4n) is 5.54. The Labute approximate surface area is 380 Å². The number of amides is 2. The molecule has 1 aromatic heterocycles. The van der Waals surface area contributed by atoms with E-state index in [1.807, 2.05) is 0 Å². The second kappa shape index (κ2) is 30.5. The summed E-state index contributed by atoms with van der Waals surface area (Å²) in [5.41, 5.74) is 0. The molecule has 3 aliphatic heterocycles. The molecule has 0 aromatic carbocycles. The Hall–Kier alpha value is -5.58. The summed E-state index contributed by atoms with van der Waals surface area (Å²) in [6.45, 7) is 9.83. The smallest absolute Gasteiger partial charge is 0.548 e. The fraction of sp³-hybridized carbons (Fsp3) is 0.686. The van der Waals surface area contributed by atoms with E-state index >= 15 is 0 Å². The number of aromatic nitrogens is 3. The van der Waals surface area contributed by atoms with E-state index in [9.17, 15) is 48.6 Å². The molecule has 3 saturated heterocycles. The van der Waals surface area contributed by atoms with Gasteiger partial charge in [0.05, 0.1) is 38.4 Å². The molecule has 3 fully saturated rings. The quantitative estimate of drug-likeness (QED) is 0.0624. The molecular formula is C35H60N14NiO14. The fourth-order valence-corrected chi connectivity index (χ4v) is 5.54. The van der Waals surface area contributed by atoms with Gasteiger partial charge in [0.1, 0.15) is 26.2 Å². The molecule has 2 amide bonds. The van der Waals surface area contributed by atoms with Crippen molar-refractivity contribution in [1.82, 2.24) is 55.0 Å². The van der Waals surface area contributed by atoms with Gasteiger partial charge in [-0.1, -0.05) is 0 Å². The third-order valence-electron chi connectivity index (χ3n) is 8.84. The SMILES string of the molecule is CN(C)C=O.CN(C)C=O.C[C@@H]1NCN2CCN(CCN3CCN(CN[C@H]1C)C3)C2.O=C([O-])CN(CC(=O)O)c1nc(N(CC(=O)[O-])CC(=O)O)nc(N(CC(=O)O)CC(=O)O)n1.[Ni+2]. The normalized spacial score (nSPS) is 21.0. The Morgan fingerprint density at radius 3 is 1.00 bits per heavy atom. The van der Waals surface area contributed by atoms with Gasteiger partial charge in [0.15, 0.2) is 0 Å². The summed E-state index contributed by atoms with van der Waals surface area (Å²) in [6, 6.07) is 1.01. The molecule has 0 aliphatic carbocycles. The molecule has 6 N–H and O–H groups in total. The Bertz CT molecular complexity index is 1440. The van der Waals surface area contributed by atoms with Crippen LogP contribution in [-0.4, -0.2) is 259 Å². The molecule has 364 valence electrons. The van der Waals surface area contributed by atoms with Crippen LogP contribution in [0, 0.1) is 0 Å². The van der Waals surface area contributed by atoms with Gasteiger partial charge in [0.25, 0.3) is 0 Å². The number of carbonyl (C=O) groups excluding carboxylic acids is 4. The maximum absolute atomic E-state index is 11.1. The van der Waals surface area contributed by atoms with Crippen molar-refractivity contribution in [1.29, 1.82) is 0 Å². The van der Waals surface area contributed by atoms with Crippen molar-refractivity contribution in [3.05, 3.63) is 0 Å². The van der Waals surface area contributed by atoms with Gasteiger partial charge in [-0.3, -0.25) is 48.4 Å². The van der Waals surface area contributed by atoms with E-state index < -0.39 is 92.9 Å². The zero-order valence-electron chi connectivity index (χ0n) is 36.7. The molecular weight excluding hydrogens is 899 g/mol. The van der Waals surface area contributed by atoms with E-state index in [0.717, 1.165) is 39.5 Å². The third kappa shape index (κ3) is 24.9. The summed E-state index contributed by atoms with van der Waals surface area (Å²) < 4.78 is 0. The molecule has 4 unspecified atom stereocenters. The van der Waals surface area contributed by atoms with Crippen LogP contribution in [0.4, 0.5) is 17.8 Å². The Morgan fingerprint density at radius 1 is 0.547 bits per heavy atom. The van der Waals surface area contributed by atoms with Gasteiger partial charge in [-0.2, -0.15) is 15.0 Å². The minimum atomic E-state index is -1.79. The first-order valence-electron chi connectivity index (χ1n) is 19.4. The standard InChI is InChI=1S/C15H18N6O12.C14H30N6.2C3H7NO.Ni/c22-7(23)1-19(2-8(24)25)13-16-14(20(3-9(26)27)4-10(28)29)18-15(17-13)21(5-11(30)31)6-12(32)33;1-13-14(2)16-10-20-8-6-18(12-20)4-3-17-5-7-19(11-17)9-15-13;2*1-4(2)3-5;/h1-6H2,(H,22,23)(H,24,25)(H,26,27)(H,28,29)(H,30,31)(H,32,33);13-16H,3-12H2,1-2H3;2*3H,1-2H3;/q;;;;+2/p-2/t;13-,14-;;;/m.0.../s1. The molecule has 6 atom stereocenters. The summed E-state index contributed by atoms with van der Waals surface area (Å²) in [5, 5.41) is 65.5. The predicted molar refractivity (Wildman–Crippen MR) is 218 cm³/mol. The largest absolute Gasteiger partial charge is 2.00 e.